The number of unbranched alkanes of at least 4 members (excludes halogenated alkanes) is 1. The highest BCUT2D eigenvalue weighted by molar-refractivity contribution is 5.94. The molecule has 1 heterocycles. The van der Waals surface area contributed by atoms with Gasteiger partial charge in [-0.25, -0.2) is 0 Å². The number of hydrogen-bond acceptors (Lipinski definition) is 3. The molecule has 0 spiro atoms. The number of halogens is 3. The van der Waals surface area contributed by atoms with Crippen LogP contribution in [0.5, 0.6) is 5.75 Å². The smallest absolute Gasteiger partial charge is 0.471 e. The van der Waals surface area contributed by atoms with Crippen LogP contribution in [0.4, 0.5) is 13.2 Å². The molecule has 44 heavy (non-hydrogen) atoms. The molecule has 4 saturated carbocycles. The van der Waals surface area contributed by atoms with E-state index >= 15 is 0 Å². The van der Waals surface area contributed by atoms with Crippen LogP contribution in [0.2, 0.25) is 0 Å². The molecular weight excluding hydrogens is 565 g/mol. The van der Waals surface area contributed by atoms with Crippen LogP contribution < -0.4 is 4.74 Å². The first kappa shape index (κ1) is 30.6. The summed E-state index contributed by atoms with van der Waals surface area (Å²) in [6.45, 7) is 2.02. The van der Waals surface area contributed by atoms with Crippen molar-refractivity contribution in [1.82, 2.24) is 9.80 Å². The van der Waals surface area contributed by atoms with E-state index in [1.165, 1.54) is 4.90 Å². The first-order valence-corrected chi connectivity index (χ1v) is 16.0. The molecular formula is C36H41F3N2O3. The summed E-state index contributed by atoms with van der Waals surface area (Å²) >= 11 is 0. The average molecular weight is 607 g/mol. The minimum atomic E-state index is -4.93. The quantitative estimate of drug-likeness (QED) is 0.298. The number of ether oxygens (including phenoxy) is 1. The number of fused-ring (bicyclic) bond motifs is 1. The van der Waals surface area contributed by atoms with E-state index in [0.717, 1.165) is 61.0 Å². The van der Waals surface area contributed by atoms with Gasteiger partial charge in [-0.05, 0) is 109 Å². The van der Waals surface area contributed by atoms with E-state index < -0.39 is 23.7 Å². The van der Waals surface area contributed by atoms with Gasteiger partial charge >= 0.3 is 12.1 Å². The Kier molecular flexibility index (Phi) is 8.19. The van der Waals surface area contributed by atoms with Crippen molar-refractivity contribution in [2.24, 2.45) is 17.8 Å². The van der Waals surface area contributed by atoms with Crippen molar-refractivity contribution < 1.29 is 27.5 Å². The van der Waals surface area contributed by atoms with E-state index in [0.29, 0.717) is 49.0 Å². The van der Waals surface area contributed by atoms with Gasteiger partial charge in [0, 0.05) is 18.1 Å². The lowest BCUT2D eigenvalue weighted by Gasteiger charge is -2.60. The summed E-state index contributed by atoms with van der Waals surface area (Å²) in [5, 5.41) is 0. The molecule has 2 amide bonds. The topological polar surface area (TPSA) is 49.9 Å². The molecule has 5 nitrogen and oxygen atoms in total. The Bertz CT molecular complexity index is 1410. The molecule has 0 N–H and O–H groups in total. The molecule has 4 bridgehead atoms. The molecule has 2 aromatic carbocycles. The second-order valence-electron chi connectivity index (χ2n) is 13.6. The molecule has 2 atom stereocenters. The van der Waals surface area contributed by atoms with Crippen molar-refractivity contribution in [3.05, 3.63) is 64.7 Å². The van der Waals surface area contributed by atoms with Gasteiger partial charge in [0.25, 0.3) is 5.91 Å². The SMILES string of the molecule is C#CC(=O)N1[C@@H](CCCC)Cc2cc(OC)ccc2[C@@H]1c1ccc(CN(C(=O)C(F)(F)F)C23CC4CC(CC(C4)C2)C3)cc1. The number of carbonyl (C=O) groups is 2. The number of carbonyl (C=O) groups excluding carboxylic acids is 2. The van der Waals surface area contributed by atoms with E-state index in [1.807, 2.05) is 42.5 Å². The Morgan fingerprint density at radius 3 is 2.23 bits per heavy atom. The minimum Gasteiger partial charge on any atom is -0.497 e. The second-order valence-corrected chi connectivity index (χ2v) is 13.6. The maximum atomic E-state index is 14.0. The van der Waals surface area contributed by atoms with Crippen LogP contribution in [-0.2, 0) is 22.6 Å². The van der Waals surface area contributed by atoms with Crippen molar-refractivity contribution in [3.8, 4) is 18.1 Å². The van der Waals surface area contributed by atoms with Gasteiger partial charge in [-0.1, -0.05) is 50.1 Å². The van der Waals surface area contributed by atoms with Crippen LogP contribution in [0.3, 0.4) is 0 Å². The lowest BCUT2D eigenvalue weighted by atomic mass is 9.52. The molecule has 4 fully saturated rings. The van der Waals surface area contributed by atoms with Gasteiger partial charge in [-0.2, -0.15) is 13.2 Å². The number of hydrogen-bond donors (Lipinski definition) is 0. The minimum absolute atomic E-state index is 0.0879. The zero-order valence-electron chi connectivity index (χ0n) is 25.5. The van der Waals surface area contributed by atoms with Gasteiger partial charge in [-0.3, -0.25) is 9.59 Å². The van der Waals surface area contributed by atoms with Crippen LogP contribution >= 0.6 is 0 Å². The monoisotopic (exact) mass is 606 g/mol. The van der Waals surface area contributed by atoms with Crippen molar-refractivity contribution in [2.75, 3.05) is 7.11 Å². The highest BCUT2D eigenvalue weighted by Crippen LogP contribution is 2.58. The van der Waals surface area contributed by atoms with Crippen LogP contribution in [0.25, 0.3) is 0 Å². The van der Waals surface area contributed by atoms with Crippen LogP contribution in [0, 0.1) is 30.1 Å². The molecule has 0 radical (unpaired) electrons. The lowest BCUT2D eigenvalue weighted by Crippen LogP contribution is -2.63. The number of rotatable bonds is 8. The summed E-state index contributed by atoms with van der Waals surface area (Å²) in [5.74, 6) is 2.16. The van der Waals surface area contributed by atoms with Gasteiger partial charge in [0.2, 0.25) is 0 Å². The summed E-state index contributed by atoms with van der Waals surface area (Å²) in [7, 11) is 1.62. The average Bonchev–Trinajstić information content (AvgIpc) is 3.00. The summed E-state index contributed by atoms with van der Waals surface area (Å²) in [6, 6.07) is 12.7. The lowest BCUT2D eigenvalue weighted by molar-refractivity contribution is -0.201. The van der Waals surface area contributed by atoms with Crippen LogP contribution in [-0.4, -0.2) is 46.5 Å². The highest BCUT2D eigenvalue weighted by Gasteiger charge is 2.58. The number of alkyl halides is 3. The Morgan fingerprint density at radius 1 is 1.05 bits per heavy atom. The molecule has 4 aliphatic carbocycles. The highest BCUT2D eigenvalue weighted by atomic mass is 19.4. The zero-order valence-corrected chi connectivity index (χ0v) is 25.5. The summed E-state index contributed by atoms with van der Waals surface area (Å²) in [5.41, 5.74) is 2.78. The predicted molar refractivity (Wildman–Crippen MR) is 161 cm³/mol. The Morgan fingerprint density at radius 2 is 1.68 bits per heavy atom. The second kappa shape index (κ2) is 11.8. The van der Waals surface area contributed by atoms with Gasteiger partial charge < -0.3 is 14.5 Å². The number of terminal acetylenes is 1. The third kappa shape index (κ3) is 5.59. The van der Waals surface area contributed by atoms with Crippen molar-refractivity contribution >= 4 is 11.8 Å². The van der Waals surface area contributed by atoms with Gasteiger partial charge in [0.15, 0.2) is 0 Å². The van der Waals surface area contributed by atoms with E-state index in [4.69, 9.17) is 11.2 Å². The molecule has 1 aliphatic heterocycles. The maximum Gasteiger partial charge on any atom is 0.471 e. The molecule has 0 saturated heterocycles. The maximum absolute atomic E-state index is 14.0. The van der Waals surface area contributed by atoms with Crippen molar-refractivity contribution in [1.29, 1.82) is 0 Å². The standard InChI is InChI=1S/C36H41F3N2O3/c1-4-6-7-29-17-28-18-30(44-3)12-13-31(28)33(41(29)32(42)5-2)27-10-8-23(9-11-27)22-40(34(43)36(37,38)39)35-19-24-14-25(20-35)16-26(15-24)21-35/h2,8-13,18,24-26,29,33H,4,6-7,14-17,19-22H2,1,3H3/t24?,25?,26?,29-,33-,35?/m0/s1. The molecule has 234 valence electrons. The van der Waals surface area contributed by atoms with E-state index in [-0.39, 0.29) is 18.5 Å². The Labute approximate surface area is 258 Å². The fourth-order valence-electron chi connectivity index (χ4n) is 9.24. The van der Waals surface area contributed by atoms with Crippen LogP contribution in [0.15, 0.2) is 42.5 Å². The Balaban J connectivity index is 1.34. The van der Waals surface area contributed by atoms with Gasteiger partial charge in [0.1, 0.15) is 5.75 Å². The predicted octanol–water partition coefficient (Wildman–Crippen LogP) is 7.22. The summed E-state index contributed by atoms with van der Waals surface area (Å²) in [6.07, 6.45) is 9.32. The van der Waals surface area contributed by atoms with Crippen molar-refractivity contribution in [2.45, 2.75) is 101 Å². The molecule has 8 heteroatoms. The summed E-state index contributed by atoms with van der Waals surface area (Å²) < 4.78 is 47.5. The molecule has 5 aliphatic rings. The normalized spacial score (nSPS) is 28.7. The van der Waals surface area contributed by atoms with E-state index in [1.54, 1.807) is 12.0 Å². The fourth-order valence-corrected chi connectivity index (χ4v) is 9.24. The first-order valence-electron chi connectivity index (χ1n) is 16.0. The van der Waals surface area contributed by atoms with Crippen molar-refractivity contribution in [3.63, 3.8) is 0 Å². The number of nitrogens with zero attached hydrogens (tertiary/aromatic N) is 2. The van der Waals surface area contributed by atoms with Crippen LogP contribution in [0.1, 0.15) is 93.0 Å². The third-order valence-electron chi connectivity index (χ3n) is 10.7. The van der Waals surface area contributed by atoms with Gasteiger partial charge in [0.05, 0.1) is 13.2 Å². The zero-order chi connectivity index (χ0) is 31.2. The molecule has 7 rings (SSSR count). The third-order valence-corrected chi connectivity index (χ3v) is 10.7. The summed E-state index contributed by atoms with van der Waals surface area (Å²) in [4.78, 5) is 29.2. The van der Waals surface area contributed by atoms with Gasteiger partial charge in [-0.15, -0.1) is 6.42 Å². The largest absolute Gasteiger partial charge is 0.497 e. The Hall–Kier alpha value is -3.47. The molecule has 2 aromatic rings. The number of amides is 2. The first-order chi connectivity index (χ1) is 21.0. The number of benzene rings is 2. The molecule has 0 aromatic heterocycles. The molecule has 0 unspecified atom stereocenters. The van der Waals surface area contributed by atoms with E-state index in [9.17, 15) is 22.8 Å². The number of methoxy groups -OCH3 is 1. The fraction of sp³-hybridized carbons (Fsp3) is 0.556. The van der Waals surface area contributed by atoms with E-state index in [2.05, 4.69) is 12.8 Å².